The van der Waals surface area contributed by atoms with Gasteiger partial charge >= 0.3 is 0 Å². The van der Waals surface area contributed by atoms with Crippen LogP contribution in [0.3, 0.4) is 0 Å². The molecule has 1 aliphatic rings. The van der Waals surface area contributed by atoms with Crippen LogP contribution < -0.4 is 11.1 Å². The number of rotatable bonds is 5. The molecule has 5 nitrogen and oxygen atoms in total. The highest BCUT2D eigenvalue weighted by Gasteiger charge is 2.35. The molecule has 130 valence electrons. The molecule has 1 amide bonds. The van der Waals surface area contributed by atoms with Crippen molar-refractivity contribution < 1.29 is 4.79 Å². The highest BCUT2D eigenvalue weighted by atomic mass is 35.5. The number of hydrogen-bond acceptors (Lipinski definition) is 6. The van der Waals surface area contributed by atoms with Crippen LogP contribution in [0.2, 0.25) is 0 Å². The van der Waals surface area contributed by atoms with E-state index in [9.17, 15) is 4.79 Å². The number of carbonyl (C=O) groups is 1. The normalized spacial score (nSPS) is 16.2. The summed E-state index contributed by atoms with van der Waals surface area (Å²) in [6, 6.07) is 10.2. The minimum atomic E-state index is -0.749. The summed E-state index contributed by atoms with van der Waals surface area (Å²) in [5.74, 6) is 0.706. The summed E-state index contributed by atoms with van der Waals surface area (Å²) in [5.41, 5.74) is 6.72. The number of carbonyl (C=O) groups excluding carboxylic acids is 1. The molecule has 1 aromatic carbocycles. The van der Waals surface area contributed by atoms with Crippen molar-refractivity contribution >= 4 is 46.5 Å². The van der Waals surface area contributed by atoms with Crippen molar-refractivity contribution in [1.82, 2.24) is 10.2 Å². The third kappa shape index (κ3) is 4.92. The summed E-state index contributed by atoms with van der Waals surface area (Å²) in [5, 5.41) is 11.5. The molecule has 1 saturated carbocycles. The van der Waals surface area contributed by atoms with Crippen LogP contribution in [0.1, 0.15) is 37.7 Å². The molecule has 0 bridgehead atoms. The molecule has 0 saturated heterocycles. The van der Waals surface area contributed by atoms with E-state index < -0.39 is 5.54 Å². The lowest BCUT2D eigenvalue weighted by molar-refractivity contribution is -0.122. The Morgan fingerprint density at radius 1 is 1.21 bits per heavy atom. The van der Waals surface area contributed by atoms with Crippen LogP contribution in [0.25, 0.3) is 0 Å². The molecule has 24 heavy (non-hydrogen) atoms. The zero-order chi connectivity index (χ0) is 16.1. The summed E-state index contributed by atoms with van der Waals surface area (Å²) in [6.07, 6.45) is 4.67. The largest absolute Gasteiger partial charge is 0.317 e. The van der Waals surface area contributed by atoms with Gasteiger partial charge in [-0.05, 0) is 18.4 Å². The fourth-order valence-corrected chi connectivity index (χ4v) is 4.37. The number of aromatic nitrogens is 2. The molecule has 2 aromatic rings. The predicted octanol–water partition coefficient (Wildman–Crippen LogP) is 3.85. The van der Waals surface area contributed by atoms with Gasteiger partial charge < -0.3 is 5.73 Å². The maximum Gasteiger partial charge on any atom is 0.246 e. The number of amides is 1. The predicted molar refractivity (Wildman–Crippen MR) is 102 cm³/mol. The Morgan fingerprint density at radius 3 is 2.62 bits per heavy atom. The van der Waals surface area contributed by atoms with Crippen molar-refractivity contribution in [3.05, 3.63) is 35.9 Å². The lowest BCUT2D eigenvalue weighted by Gasteiger charge is -2.31. The minimum absolute atomic E-state index is 0. The Balaban J connectivity index is 0.00000208. The second-order valence-corrected chi connectivity index (χ2v) is 8.02. The fourth-order valence-electron chi connectivity index (χ4n) is 2.67. The molecule has 0 unspecified atom stereocenters. The summed E-state index contributed by atoms with van der Waals surface area (Å²) >= 11 is 3.01. The van der Waals surface area contributed by atoms with E-state index in [1.54, 1.807) is 11.8 Å². The minimum Gasteiger partial charge on any atom is -0.317 e. The SMILES string of the molecule is Cl.NC1(C(=O)Nc2nnc(SCc3ccccc3)s2)CCCCC1. The van der Waals surface area contributed by atoms with Crippen molar-refractivity contribution in [3.8, 4) is 0 Å². The Labute approximate surface area is 156 Å². The maximum absolute atomic E-state index is 12.4. The second-order valence-electron chi connectivity index (χ2n) is 5.82. The zero-order valence-electron chi connectivity index (χ0n) is 13.2. The molecule has 3 rings (SSSR count). The van der Waals surface area contributed by atoms with Gasteiger partial charge in [-0.25, -0.2) is 0 Å². The highest BCUT2D eigenvalue weighted by molar-refractivity contribution is 8.00. The molecule has 0 aliphatic heterocycles. The number of thioether (sulfide) groups is 1. The Kier molecular flexibility index (Phi) is 7.03. The van der Waals surface area contributed by atoms with Gasteiger partial charge in [0, 0.05) is 5.75 Å². The summed E-state index contributed by atoms with van der Waals surface area (Å²) in [7, 11) is 0. The first-order valence-electron chi connectivity index (χ1n) is 7.76. The second kappa shape index (κ2) is 8.80. The monoisotopic (exact) mass is 384 g/mol. The van der Waals surface area contributed by atoms with Gasteiger partial charge in [0.25, 0.3) is 0 Å². The Bertz CT molecular complexity index is 659. The third-order valence-electron chi connectivity index (χ3n) is 4.03. The molecule has 1 heterocycles. The standard InChI is InChI=1S/C16H20N4OS2.ClH/c17-16(9-5-2-6-10-16)13(21)18-14-19-20-15(23-14)22-11-12-7-3-1-4-8-12;/h1,3-4,7-8H,2,5-6,9-11,17H2,(H,18,19,21);1H. The highest BCUT2D eigenvalue weighted by Crippen LogP contribution is 2.30. The van der Waals surface area contributed by atoms with Gasteiger partial charge in [0.2, 0.25) is 11.0 Å². The number of nitrogens with one attached hydrogen (secondary N) is 1. The average Bonchev–Trinajstić information content (AvgIpc) is 3.02. The zero-order valence-corrected chi connectivity index (χ0v) is 15.7. The van der Waals surface area contributed by atoms with Crippen LogP contribution >= 0.6 is 35.5 Å². The summed E-state index contributed by atoms with van der Waals surface area (Å²) < 4.78 is 0.846. The molecule has 0 spiro atoms. The summed E-state index contributed by atoms with van der Waals surface area (Å²) in [6.45, 7) is 0. The van der Waals surface area contributed by atoms with E-state index >= 15 is 0 Å². The number of nitrogens with zero attached hydrogens (tertiary/aromatic N) is 2. The molecule has 0 atom stereocenters. The number of benzene rings is 1. The number of anilines is 1. The molecular weight excluding hydrogens is 364 g/mol. The number of nitrogens with two attached hydrogens (primary N) is 1. The Morgan fingerprint density at radius 2 is 1.92 bits per heavy atom. The quantitative estimate of drug-likeness (QED) is 0.604. The van der Waals surface area contributed by atoms with Gasteiger partial charge in [-0.15, -0.1) is 22.6 Å². The molecular formula is C16H21ClN4OS2. The smallest absolute Gasteiger partial charge is 0.246 e. The van der Waals surface area contributed by atoms with Crippen LogP contribution in [0.15, 0.2) is 34.7 Å². The van der Waals surface area contributed by atoms with Crippen molar-refractivity contribution in [3.63, 3.8) is 0 Å². The average molecular weight is 385 g/mol. The maximum atomic E-state index is 12.4. The third-order valence-corrected chi connectivity index (χ3v) is 6.07. The van der Waals surface area contributed by atoms with E-state index in [1.165, 1.54) is 16.9 Å². The van der Waals surface area contributed by atoms with Gasteiger partial charge in [-0.1, -0.05) is 72.7 Å². The number of halogens is 1. The lowest BCUT2D eigenvalue weighted by atomic mass is 9.82. The van der Waals surface area contributed by atoms with Crippen LogP contribution in [0.5, 0.6) is 0 Å². The van der Waals surface area contributed by atoms with E-state index in [0.29, 0.717) is 5.13 Å². The lowest BCUT2D eigenvalue weighted by Crippen LogP contribution is -2.52. The van der Waals surface area contributed by atoms with Gasteiger partial charge in [-0.2, -0.15) is 0 Å². The van der Waals surface area contributed by atoms with Crippen LogP contribution in [-0.2, 0) is 10.5 Å². The van der Waals surface area contributed by atoms with Crippen molar-refractivity contribution in [2.45, 2.75) is 47.7 Å². The van der Waals surface area contributed by atoms with Crippen LogP contribution in [0, 0.1) is 0 Å². The van der Waals surface area contributed by atoms with E-state index in [0.717, 1.165) is 42.2 Å². The summed E-state index contributed by atoms with van der Waals surface area (Å²) in [4.78, 5) is 12.4. The van der Waals surface area contributed by atoms with Gasteiger partial charge in [0.15, 0.2) is 4.34 Å². The Hall–Kier alpha value is -1.15. The van der Waals surface area contributed by atoms with Crippen LogP contribution in [0.4, 0.5) is 5.13 Å². The molecule has 3 N–H and O–H groups in total. The number of hydrogen-bond donors (Lipinski definition) is 2. The van der Waals surface area contributed by atoms with Gasteiger partial charge in [-0.3, -0.25) is 10.1 Å². The molecule has 1 aliphatic carbocycles. The first kappa shape index (κ1) is 19.2. The molecule has 8 heteroatoms. The van der Waals surface area contributed by atoms with E-state index in [4.69, 9.17) is 5.73 Å². The first-order chi connectivity index (χ1) is 11.2. The van der Waals surface area contributed by atoms with E-state index in [1.807, 2.05) is 18.2 Å². The molecule has 0 radical (unpaired) electrons. The molecule has 1 fully saturated rings. The fraction of sp³-hybridized carbons (Fsp3) is 0.438. The van der Waals surface area contributed by atoms with Crippen molar-refractivity contribution in [2.75, 3.05) is 5.32 Å². The van der Waals surface area contributed by atoms with Gasteiger partial charge in [0.1, 0.15) is 0 Å². The van der Waals surface area contributed by atoms with Crippen molar-refractivity contribution in [1.29, 1.82) is 0 Å². The molecule has 1 aromatic heterocycles. The van der Waals surface area contributed by atoms with E-state index in [2.05, 4.69) is 27.6 Å². The van der Waals surface area contributed by atoms with Gasteiger partial charge in [0.05, 0.1) is 5.54 Å². The van der Waals surface area contributed by atoms with Crippen molar-refractivity contribution in [2.24, 2.45) is 5.73 Å². The van der Waals surface area contributed by atoms with E-state index in [-0.39, 0.29) is 18.3 Å². The first-order valence-corrected chi connectivity index (χ1v) is 9.56. The topological polar surface area (TPSA) is 80.9 Å². The van der Waals surface area contributed by atoms with Crippen LogP contribution in [-0.4, -0.2) is 21.6 Å².